The van der Waals surface area contributed by atoms with Gasteiger partial charge in [0, 0.05) is 6.42 Å². The van der Waals surface area contributed by atoms with E-state index >= 15 is 0 Å². The quantitative estimate of drug-likeness (QED) is 0.681. The molecule has 0 bridgehead atoms. The van der Waals surface area contributed by atoms with Gasteiger partial charge in [0.25, 0.3) is 6.43 Å². The minimum Gasteiger partial charge on any atom is -0.244 e. The standard InChI is InChI=1S/C7H8F3N3/c1-3-2-4(8)7-11-6(5(9)10)12-13(3)7/h3-5H,2H2,1H3/t3-,4+/m0/s1. The summed E-state index contributed by atoms with van der Waals surface area (Å²) in [6.45, 7) is 1.73. The highest BCUT2D eigenvalue weighted by Crippen LogP contribution is 2.35. The molecule has 0 radical (unpaired) electrons. The van der Waals surface area contributed by atoms with Crippen LogP contribution in [-0.2, 0) is 0 Å². The topological polar surface area (TPSA) is 30.7 Å². The Kier molecular flexibility index (Phi) is 1.78. The Hall–Kier alpha value is -1.07. The van der Waals surface area contributed by atoms with E-state index in [4.69, 9.17) is 0 Å². The van der Waals surface area contributed by atoms with Gasteiger partial charge in [-0.1, -0.05) is 0 Å². The zero-order valence-corrected chi connectivity index (χ0v) is 6.91. The molecular formula is C7H8F3N3. The van der Waals surface area contributed by atoms with E-state index in [-0.39, 0.29) is 18.3 Å². The van der Waals surface area contributed by atoms with E-state index in [0.29, 0.717) is 0 Å². The molecule has 3 nitrogen and oxygen atoms in total. The molecule has 1 aromatic rings. The van der Waals surface area contributed by atoms with Crippen molar-refractivity contribution in [2.75, 3.05) is 0 Å². The molecule has 0 aliphatic carbocycles. The van der Waals surface area contributed by atoms with Crippen molar-refractivity contribution >= 4 is 0 Å². The molecule has 0 amide bonds. The average molecular weight is 191 g/mol. The smallest absolute Gasteiger partial charge is 0.244 e. The van der Waals surface area contributed by atoms with E-state index < -0.39 is 18.4 Å². The summed E-state index contributed by atoms with van der Waals surface area (Å²) < 4.78 is 38.5. The van der Waals surface area contributed by atoms with E-state index in [0.717, 1.165) is 0 Å². The van der Waals surface area contributed by atoms with Gasteiger partial charge in [0.05, 0.1) is 6.04 Å². The Morgan fingerprint density at radius 1 is 1.54 bits per heavy atom. The lowest BCUT2D eigenvalue weighted by Crippen LogP contribution is -2.01. The van der Waals surface area contributed by atoms with Gasteiger partial charge in [0.2, 0.25) is 5.82 Å². The normalized spacial score (nSPS) is 26.8. The third-order valence-electron chi connectivity index (χ3n) is 2.11. The van der Waals surface area contributed by atoms with Crippen molar-refractivity contribution in [3.8, 4) is 0 Å². The molecule has 0 fully saturated rings. The molecule has 0 N–H and O–H groups in total. The number of alkyl halides is 3. The molecule has 1 aromatic heterocycles. The van der Waals surface area contributed by atoms with E-state index in [1.807, 2.05) is 0 Å². The van der Waals surface area contributed by atoms with Crippen LogP contribution in [0.1, 0.15) is 43.6 Å². The summed E-state index contributed by atoms with van der Waals surface area (Å²) in [7, 11) is 0. The number of rotatable bonds is 1. The molecule has 1 aliphatic heterocycles. The first-order valence-electron chi connectivity index (χ1n) is 3.98. The number of hydrogen-bond acceptors (Lipinski definition) is 2. The summed E-state index contributed by atoms with van der Waals surface area (Å²) in [5.74, 6) is -0.549. The van der Waals surface area contributed by atoms with Crippen LogP contribution in [0.2, 0.25) is 0 Å². The first-order valence-corrected chi connectivity index (χ1v) is 3.98. The van der Waals surface area contributed by atoms with Crippen molar-refractivity contribution < 1.29 is 13.2 Å². The first-order chi connectivity index (χ1) is 6.09. The van der Waals surface area contributed by atoms with Gasteiger partial charge in [-0.3, -0.25) is 0 Å². The fraction of sp³-hybridized carbons (Fsp3) is 0.714. The molecule has 2 rings (SSSR count). The third-order valence-corrected chi connectivity index (χ3v) is 2.11. The molecule has 0 unspecified atom stereocenters. The van der Waals surface area contributed by atoms with Crippen LogP contribution in [0.3, 0.4) is 0 Å². The Bertz CT molecular complexity index is 297. The van der Waals surface area contributed by atoms with Gasteiger partial charge in [-0.2, -0.15) is 0 Å². The molecule has 2 heterocycles. The summed E-state index contributed by atoms with van der Waals surface area (Å²) >= 11 is 0. The van der Waals surface area contributed by atoms with Gasteiger partial charge in [-0.25, -0.2) is 22.8 Å². The fourth-order valence-electron chi connectivity index (χ4n) is 1.49. The van der Waals surface area contributed by atoms with Crippen molar-refractivity contribution in [2.24, 2.45) is 0 Å². The summed E-state index contributed by atoms with van der Waals surface area (Å²) in [5.41, 5.74) is 0. The number of aromatic nitrogens is 3. The van der Waals surface area contributed by atoms with Gasteiger partial charge in [0.1, 0.15) is 0 Å². The van der Waals surface area contributed by atoms with Crippen LogP contribution >= 0.6 is 0 Å². The van der Waals surface area contributed by atoms with Crippen LogP contribution in [-0.4, -0.2) is 14.8 Å². The predicted molar refractivity (Wildman–Crippen MR) is 38.2 cm³/mol. The van der Waals surface area contributed by atoms with Crippen LogP contribution in [0, 0.1) is 0 Å². The number of fused-ring (bicyclic) bond motifs is 1. The summed E-state index contributed by atoms with van der Waals surface area (Å²) in [4.78, 5) is 3.45. The maximum Gasteiger partial charge on any atom is 0.299 e. The first kappa shape index (κ1) is 8.52. The van der Waals surface area contributed by atoms with Crippen molar-refractivity contribution in [2.45, 2.75) is 32.0 Å². The van der Waals surface area contributed by atoms with E-state index in [1.54, 1.807) is 6.92 Å². The maximum atomic E-state index is 13.1. The Balaban J connectivity index is 2.40. The minimum absolute atomic E-state index is 0.0304. The SMILES string of the molecule is C[C@H]1C[C@@H](F)c2nc(C(F)F)nn21. The average Bonchev–Trinajstić information content (AvgIpc) is 2.55. The second-order valence-electron chi connectivity index (χ2n) is 3.13. The zero-order valence-electron chi connectivity index (χ0n) is 6.91. The van der Waals surface area contributed by atoms with Crippen LogP contribution in [0.15, 0.2) is 0 Å². The van der Waals surface area contributed by atoms with Crippen molar-refractivity contribution in [3.05, 3.63) is 11.6 Å². The third kappa shape index (κ3) is 1.20. The number of hydrogen-bond donors (Lipinski definition) is 0. The summed E-state index contributed by atoms with van der Waals surface area (Å²) in [6.07, 6.45) is -3.70. The second-order valence-corrected chi connectivity index (χ2v) is 3.13. The van der Waals surface area contributed by atoms with Gasteiger partial charge in [0.15, 0.2) is 12.0 Å². The highest BCUT2D eigenvalue weighted by molar-refractivity contribution is 5.04. The fourth-order valence-corrected chi connectivity index (χ4v) is 1.49. The highest BCUT2D eigenvalue weighted by Gasteiger charge is 2.33. The molecule has 0 saturated carbocycles. The van der Waals surface area contributed by atoms with Crippen LogP contribution in [0.25, 0.3) is 0 Å². The molecule has 2 atom stereocenters. The van der Waals surface area contributed by atoms with Gasteiger partial charge in [-0.15, -0.1) is 5.10 Å². The van der Waals surface area contributed by atoms with Crippen LogP contribution < -0.4 is 0 Å². The van der Waals surface area contributed by atoms with Gasteiger partial charge in [-0.05, 0) is 6.92 Å². The van der Waals surface area contributed by atoms with Crippen molar-refractivity contribution in [1.82, 2.24) is 14.8 Å². The molecule has 0 spiro atoms. The monoisotopic (exact) mass is 191 g/mol. The number of nitrogens with zero attached hydrogens (tertiary/aromatic N) is 3. The van der Waals surface area contributed by atoms with Gasteiger partial charge >= 0.3 is 0 Å². The second kappa shape index (κ2) is 2.71. The number of halogens is 3. The van der Waals surface area contributed by atoms with E-state index in [2.05, 4.69) is 10.1 Å². The minimum atomic E-state index is -2.72. The van der Waals surface area contributed by atoms with Gasteiger partial charge < -0.3 is 0 Å². The summed E-state index contributed by atoms with van der Waals surface area (Å²) in [5, 5.41) is 3.54. The zero-order chi connectivity index (χ0) is 9.59. The molecule has 6 heteroatoms. The Labute approximate surface area is 72.6 Å². The summed E-state index contributed by atoms with van der Waals surface area (Å²) in [6, 6.07) is -0.176. The molecule has 13 heavy (non-hydrogen) atoms. The van der Waals surface area contributed by atoms with Crippen molar-refractivity contribution in [1.29, 1.82) is 0 Å². The van der Waals surface area contributed by atoms with E-state index in [9.17, 15) is 13.2 Å². The molecule has 1 aliphatic rings. The Morgan fingerprint density at radius 2 is 2.23 bits per heavy atom. The molecule has 0 saturated heterocycles. The molecular weight excluding hydrogens is 183 g/mol. The van der Waals surface area contributed by atoms with Crippen molar-refractivity contribution in [3.63, 3.8) is 0 Å². The molecule has 72 valence electrons. The maximum absolute atomic E-state index is 13.1. The predicted octanol–water partition coefficient (Wildman–Crippen LogP) is 2.19. The molecule has 0 aromatic carbocycles. The van der Waals surface area contributed by atoms with Crippen LogP contribution in [0.4, 0.5) is 13.2 Å². The lowest BCUT2D eigenvalue weighted by Gasteiger charge is -2.01. The highest BCUT2D eigenvalue weighted by atomic mass is 19.3. The largest absolute Gasteiger partial charge is 0.299 e. The lowest BCUT2D eigenvalue weighted by molar-refractivity contribution is 0.139. The Morgan fingerprint density at radius 3 is 2.77 bits per heavy atom. The lowest BCUT2D eigenvalue weighted by atomic mass is 10.2. The van der Waals surface area contributed by atoms with Crippen LogP contribution in [0.5, 0.6) is 0 Å². The van der Waals surface area contributed by atoms with E-state index in [1.165, 1.54) is 4.68 Å².